The summed E-state index contributed by atoms with van der Waals surface area (Å²) in [4.78, 5) is 11.2. The molecule has 0 aliphatic carbocycles. The molecule has 1 heterocycles. The van der Waals surface area contributed by atoms with Gasteiger partial charge >= 0.3 is 0 Å². The Labute approximate surface area is 181 Å². The summed E-state index contributed by atoms with van der Waals surface area (Å²) in [5, 5.41) is 9.35. The van der Waals surface area contributed by atoms with Crippen LogP contribution in [0.3, 0.4) is 0 Å². The molecule has 154 valence electrons. The average Bonchev–Trinajstić information content (AvgIpc) is 2.84. The first-order valence-corrected chi connectivity index (χ1v) is 10.6. The van der Waals surface area contributed by atoms with Gasteiger partial charge in [-0.25, -0.2) is 5.01 Å². The van der Waals surface area contributed by atoms with E-state index in [-0.39, 0.29) is 0 Å². The molecule has 6 rings (SSSR count). The van der Waals surface area contributed by atoms with E-state index in [9.17, 15) is 4.79 Å². The molecule has 0 atom stereocenters. The van der Waals surface area contributed by atoms with E-state index in [4.69, 9.17) is 4.74 Å². The second kappa shape index (κ2) is 8.72. The largest absolute Gasteiger partial charge is 0.379 e. The molecule has 0 spiro atoms. The van der Waals surface area contributed by atoms with Crippen molar-refractivity contribution in [2.24, 2.45) is 0 Å². The highest BCUT2D eigenvalue weighted by Crippen LogP contribution is 2.35. The highest BCUT2D eigenvalue weighted by molar-refractivity contribution is 6.25. The van der Waals surface area contributed by atoms with E-state index in [0.29, 0.717) is 0 Å². The molecule has 1 N–H and O–H groups in total. The van der Waals surface area contributed by atoms with Crippen molar-refractivity contribution < 1.29 is 9.53 Å². The highest BCUT2D eigenvalue weighted by atomic mass is 16.5. The van der Waals surface area contributed by atoms with Crippen molar-refractivity contribution in [3.8, 4) is 0 Å². The predicted octanol–water partition coefficient (Wildman–Crippen LogP) is 5.74. The lowest BCUT2D eigenvalue weighted by Crippen LogP contribution is -2.40. The summed E-state index contributed by atoms with van der Waals surface area (Å²) in [5.41, 5.74) is 5.24. The van der Waals surface area contributed by atoms with Crippen LogP contribution in [-0.4, -0.2) is 37.6 Å². The number of nitrogens with zero attached hydrogens (tertiary/aromatic N) is 1. The summed E-state index contributed by atoms with van der Waals surface area (Å²) >= 11 is 0. The van der Waals surface area contributed by atoms with Gasteiger partial charge in [0.2, 0.25) is 0 Å². The number of hydrogen-bond donors (Lipinski definition) is 1. The lowest BCUT2D eigenvalue weighted by molar-refractivity contribution is 0.0497. The number of aldehydes is 1. The minimum Gasteiger partial charge on any atom is -0.379 e. The van der Waals surface area contributed by atoms with Crippen molar-refractivity contribution in [1.29, 1.82) is 0 Å². The molecular formula is C27H24N2O2. The zero-order chi connectivity index (χ0) is 21.0. The third kappa shape index (κ3) is 3.96. The SMILES string of the molecule is O=Cc1ccc2ccc3cccc4ccc1c2c34.c1ccc(NN2CCOCC2)cc1. The zero-order valence-corrected chi connectivity index (χ0v) is 17.3. The normalized spacial score (nSPS) is 14.5. The van der Waals surface area contributed by atoms with Crippen molar-refractivity contribution in [2.45, 2.75) is 0 Å². The Morgan fingerprint density at radius 3 is 2.06 bits per heavy atom. The number of hydrogen-bond acceptors (Lipinski definition) is 4. The minimum atomic E-state index is 0.765. The van der Waals surface area contributed by atoms with Gasteiger partial charge in [0.15, 0.2) is 6.29 Å². The van der Waals surface area contributed by atoms with Crippen LogP contribution in [0.2, 0.25) is 0 Å². The van der Waals surface area contributed by atoms with E-state index < -0.39 is 0 Å². The van der Waals surface area contributed by atoms with Crippen LogP contribution < -0.4 is 5.43 Å². The summed E-state index contributed by atoms with van der Waals surface area (Å²) in [7, 11) is 0. The number of benzene rings is 5. The number of morpholine rings is 1. The molecule has 31 heavy (non-hydrogen) atoms. The summed E-state index contributed by atoms with van der Waals surface area (Å²) in [6, 6.07) is 28.9. The summed E-state index contributed by atoms with van der Waals surface area (Å²) < 4.78 is 5.26. The number of rotatable bonds is 3. The average molecular weight is 409 g/mol. The molecule has 0 aromatic heterocycles. The molecular weight excluding hydrogens is 384 g/mol. The minimum absolute atomic E-state index is 0.765. The van der Waals surface area contributed by atoms with Gasteiger partial charge in [-0.05, 0) is 44.5 Å². The fourth-order valence-corrected chi connectivity index (χ4v) is 4.23. The molecule has 5 aromatic rings. The second-order valence-corrected chi connectivity index (χ2v) is 7.71. The van der Waals surface area contributed by atoms with Crippen molar-refractivity contribution in [3.05, 3.63) is 90.5 Å². The van der Waals surface area contributed by atoms with Gasteiger partial charge in [0, 0.05) is 24.3 Å². The Hall–Kier alpha value is -3.47. The number of para-hydroxylation sites is 1. The molecule has 1 aliphatic rings. The lowest BCUT2D eigenvalue weighted by atomic mass is 9.92. The molecule has 4 heteroatoms. The lowest BCUT2D eigenvalue weighted by Gasteiger charge is -2.27. The third-order valence-electron chi connectivity index (χ3n) is 5.76. The number of nitrogens with one attached hydrogen (secondary N) is 1. The smallest absolute Gasteiger partial charge is 0.150 e. The Morgan fingerprint density at radius 2 is 1.35 bits per heavy atom. The molecule has 0 amide bonds. The van der Waals surface area contributed by atoms with Gasteiger partial charge in [-0.2, -0.15) is 0 Å². The van der Waals surface area contributed by atoms with Gasteiger partial charge in [-0.3, -0.25) is 4.79 Å². The third-order valence-corrected chi connectivity index (χ3v) is 5.76. The van der Waals surface area contributed by atoms with E-state index in [1.807, 2.05) is 36.4 Å². The Morgan fingerprint density at radius 1 is 0.710 bits per heavy atom. The van der Waals surface area contributed by atoms with Gasteiger partial charge in [-0.15, -0.1) is 0 Å². The molecule has 5 aromatic carbocycles. The van der Waals surface area contributed by atoms with Gasteiger partial charge < -0.3 is 10.2 Å². The fraction of sp³-hybridized carbons (Fsp3) is 0.148. The Kier molecular flexibility index (Phi) is 5.48. The van der Waals surface area contributed by atoms with Crippen LogP contribution in [0, 0.1) is 0 Å². The number of ether oxygens (including phenoxy) is 1. The maximum atomic E-state index is 11.2. The Bertz CT molecular complexity index is 1300. The van der Waals surface area contributed by atoms with Gasteiger partial charge in [0.1, 0.15) is 0 Å². The van der Waals surface area contributed by atoms with Crippen LogP contribution in [0.15, 0.2) is 84.9 Å². The standard InChI is InChI=1S/C17H10O.C10H14N2O/c18-10-14-7-6-13-5-4-11-2-1-3-12-8-9-15(14)17(13)16(11)12;1-2-4-10(5-3-1)11-12-6-8-13-9-7-12/h1-10H;1-5,11H,6-9H2. The molecule has 1 fully saturated rings. The first-order valence-electron chi connectivity index (χ1n) is 10.6. The van der Waals surface area contributed by atoms with Crippen LogP contribution in [0.25, 0.3) is 32.3 Å². The van der Waals surface area contributed by atoms with Gasteiger partial charge in [0.05, 0.1) is 13.2 Å². The number of hydrazine groups is 1. The maximum Gasteiger partial charge on any atom is 0.150 e. The van der Waals surface area contributed by atoms with Crippen molar-refractivity contribution in [2.75, 3.05) is 31.7 Å². The van der Waals surface area contributed by atoms with E-state index in [1.54, 1.807) is 0 Å². The number of carbonyl (C=O) groups excluding carboxylic acids is 1. The summed E-state index contributed by atoms with van der Waals surface area (Å²) in [6.45, 7) is 3.55. The van der Waals surface area contributed by atoms with Crippen LogP contribution in [0.4, 0.5) is 5.69 Å². The van der Waals surface area contributed by atoms with E-state index in [0.717, 1.165) is 49.2 Å². The molecule has 0 saturated carbocycles. The van der Waals surface area contributed by atoms with Crippen molar-refractivity contribution in [1.82, 2.24) is 5.01 Å². The van der Waals surface area contributed by atoms with Crippen LogP contribution in [-0.2, 0) is 4.74 Å². The topological polar surface area (TPSA) is 41.6 Å². The number of anilines is 1. The molecule has 4 nitrogen and oxygen atoms in total. The second-order valence-electron chi connectivity index (χ2n) is 7.71. The van der Waals surface area contributed by atoms with Gasteiger partial charge in [-0.1, -0.05) is 72.8 Å². The fourth-order valence-electron chi connectivity index (χ4n) is 4.23. The van der Waals surface area contributed by atoms with Gasteiger partial charge in [0.25, 0.3) is 0 Å². The summed E-state index contributed by atoms with van der Waals surface area (Å²) in [5.74, 6) is 0. The molecule has 0 unspecified atom stereocenters. The van der Waals surface area contributed by atoms with Crippen LogP contribution in [0.5, 0.6) is 0 Å². The van der Waals surface area contributed by atoms with E-state index in [2.05, 4.69) is 59.0 Å². The van der Waals surface area contributed by atoms with Crippen LogP contribution >= 0.6 is 0 Å². The monoisotopic (exact) mass is 408 g/mol. The molecule has 1 saturated heterocycles. The molecule has 0 bridgehead atoms. The van der Waals surface area contributed by atoms with Crippen molar-refractivity contribution >= 4 is 44.3 Å². The van der Waals surface area contributed by atoms with Crippen LogP contribution in [0.1, 0.15) is 10.4 Å². The van der Waals surface area contributed by atoms with E-state index in [1.165, 1.54) is 26.9 Å². The first-order chi connectivity index (χ1) is 15.3. The molecule has 1 aliphatic heterocycles. The number of carbonyl (C=O) groups is 1. The quantitative estimate of drug-likeness (QED) is 0.305. The highest BCUT2D eigenvalue weighted by Gasteiger charge is 2.10. The summed E-state index contributed by atoms with van der Waals surface area (Å²) in [6.07, 6.45) is 0.936. The predicted molar refractivity (Wildman–Crippen MR) is 128 cm³/mol. The zero-order valence-electron chi connectivity index (χ0n) is 17.3. The Balaban J connectivity index is 0.000000140. The van der Waals surface area contributed by atoms with Crippen molar-refractivity contribution in [3.63, 3.8) is 0 Å². The first kappa shape index (κ1) is 19.5. The van der Waals surface area contributed by atoms with E-state index >= 15 is 0 Å². The maximum absolute atomic E-state index is 11.2. The molecule has 0 radical (unpaired) electrons.